The van der Waals surface area contributed by atoms with Crippen molar-refractivity contribution >= 4 is 29.0 Å². The number of hydrogen-bond acceptors (Lipinski definition) is 3. The lowest BCUT2D eigenvalue weighted by Crippen LogP contribution is -2.15. The Balaban J connectivity index is 2.14. The van der Waals surface area contributed by atoms with Gasteiger partial charge in [-0.3, -0.25) is 4.79 Å². The summed E-state index contributed by atoms with van der Waals surface area (Å²) >= 11 is 5.95. The third-order valence-corrected chi connectivity index (χ3v) is 3.22. The Kier molecular flexibility index (Phi) is 5.17. The predicted molar refractivity (Wildman–Crippen MR) is 87.2 cm³/mol. The van der Waals surface area contributed by atoms with Gasteiger partial charge in [0.25, 0.3) is 5.91 Å². The molecule has 110 valence electrons. The number of hydrogen-bond donors (Lipinski definition) is 2. The number of halogens is 1. The monoisotopic (exact) mass is 303 g/mol. The maximum Gasteiger partial charge on any atom is 0.274 e. The van der Waals surface area contributed by atoms with Crippen LogP contribution in [0.2, 0.25) is 5.02 Å². The van der Waals surface area contributed by atoms with E-state index in [2.05, 4.69) is 22.5 Å². The molecule has 0 bridgehead atoms. The zero-order valence-electron chi connectivity index (χ0n) is 12.1. The van der Waals surface area contributed by atoms with E-state index in [0.717, 1.165) is 18.5 Å². The molecule has 5 heteroatoms. The second-order valence-electron chi connectivity index (χ2n) is 4.75. The van der Waals surface area contributed by atoms with Crippen LogP contribution in [0, 0.1) is 6.92 Å². The van der Waals surface area contributed by atoms with Crippen molar-refractivity contribution in [2.24, 2.45) is 0 Å². The molecule has 1 heterocycles. The number of rotatable bonds is 5. The summed E-state index contributed by atoms with van der Waals surface area (Å²) in [6.45, 7) is 4.82. The number of nitrogens with one attached hydrogen (secondary N) is 2. The van der Waals surface area contributed by atoms with Crippen molar-refractivity contribution in [3.05, 3.63) is 52.7 Å². The van der Waals surface area contributed by atoms with Crippen molar-refractivity contribution in [3.8, 4) is 0 Å². The number of carbonyl (C=O) groups is 1. The van der Waals surface area contributed by atoms with Gasteiger partial charge in [0.05, 0.1) is 0 Å². The van der Waals surface area contributed by atoms with Gasteiger partial charge in [0.15, 0.2) is 0 Å². The summed E-state index contributed by atoms with van der Waals surface area (Å²) in [4.78, 5) is 16.6. The Morgan fingerprint density at radius 2 is 2.10 bits per heavy atom. The predicted octanol–water partition coefficient (Wildman–Crippen LogP) is 4.12. The van der Waals surface area contributed by atoms with Gasteiger partial charge in [0.1, 0.15) is 11.5 Å². The number of anilines is 2. The Morgan fingerprint density at radius 1 is 1.29 bits per heavy atom. The number of amides is 1. The average Bonchev–Trinajstić information content (AvgIpc) is 2.49. The highest BCUT2D eigenvalue weighted by Gasteiger charge is 2.10. The van der Waals surface area contributed by atoms with Gasteiger partial charge >= 0.3 is 0 Å². The molecule has 21 heavy (non-hydrogen) atoms. The molecular weight excluding hydrogens is 286 g/mol. The van der Waals surface area contributed by atoms with Gasteiger partial charge in [-0.05, 0) is 43.2 Å². The Bertz CT molecular complexity index is 643. The first-order valence-electron chi connectivity index (χ1n) is 6.88. The Hall–Kier alpha value is -2.07. The van der Waals surface area contributed by atoms with Gasteiger partial charge in [0.2, 0.25) is 0 Å². The van der Waals surface area contributed by atoms with Crippen molar-refractivity contribution in [1.29, 1.82) is 0 Å². The molecule has 0 saturated heterocycles. The molecule has 0 fully saturated rings. The van der Waals surface area contributed by atoms with Crippen molar-refractivity contribution in [3.63, 3.8) is 0 Å². The highest BCUT2D eigenvalue weighted by atomic mass is 35.5. The van der Waals surface area contributed by atoms with Gasteiger partial charge in [-0.2, -0.15) is 0 Å². The number of pyridine rings is 1. The molecule has 0 spiro atoms. The molecule has 0 saturated carbocycles. The van der Waals surface area contributed by atoms with Gasteiger partial charge < -0.3 is 10.6 Å². The van der Waals surface area contributed by atoms with Crippen LogP contribution in [0.1, 0.15) is 29.4 Å². The average molecular weight is 304 g/mol. The molecule has 0 unspecified atom stereocenters. The highest BCUT2D eigenvalue weighted by molar-refractivity contribution is 6.31. The van der Waals surface area contributed by atoms with Crippen LogP contribution in [0.5, 0.6) is 0 Å². The van der Waals surface area contributed by atoms with Crippen molar-refractivity contribution < 1.29 is 4.79 Å². The zero-order chi connectivity index (χ0) is 15.2. The second-order valence-corrected chi connectivity index (χ2v) is 5.18. The van der Waals surface area contributed by atoms with Crippen molar-refractivity contribution in [2.45, 2.75) is 20.3 Å². The first-order valence-corrected chi connectivity index (χ1v) is 7.26. The summed E-state index contributed by atoms with van der Waals surface area (Å²) < 4.78 is 0. The largest absolute Gasteiger partial charge is 0.370 e. The third-order valence-electron chi connectivity index (χ3n) is 2.99. The topological polar surface area (TPSA) is 54.0 Å². The van der Waals surface area contributed by atoms with E-state index < -0.39 is 0 Å². The van der Waals surface area contributed by atoms with Gasteiger partial charge in [-0.15, -0.1) is 0 Å². The molecule has 0 atom stereocenters. The molecule has 2 aromatic rings. The van der Waals surface area contributed by atoms with Crippen LogP contribution in [-0.4, -0.2) is 17.4 Å². The van der Waals surface area contributed by atoms with E-state index in [1.807, 2.05) is 25.1 Å². The standard InChI is InChI=1S/C16H18ClN3O/c1-3-9-18-15-6-4-5-13(19-15)16(21)20-14-10-12(17)8-7-11(14)2/h4-8,10H,3,9H2,1-2H3,(H,18,19)(H,20,21). The molecule has 1 aromatic carbocycles. The maximum atomic E-state index is 12.3. The fraction of sp³-hybridized carbons (Fsp3) is 0.250. The van der Waals surface area contributed by atoms with Gasteiger partial charge in [0, 0.05) is 17.3 Å². The first-order chi connectivity index (χ1) is 10.1. The van der Waals surface area contributed by atoms with Crippen LogP contribution < -0.4 is 10.6 Å². The summed E-state index contributed by atoms with van der Waals surface area (Å²) in [5.74, 6) is 0.452. The van der Waals surface area contributed by atoms with E-state index in [0.29, 0.717) is 22.2 Å². The Labute approximate surface area is 129 Å². The smallest absolute Gasteiger partial charge is 0.274 e. The van der Waals surface area contributed by atoms with Crippen LogP contribution in [-0.2, 0) is 0 Å². The van der Waals surface area contributed by atoms with Crippen LogP contribution in [0.15, 0.2) is 36.4 Å². The van der Waals surface area contributed by atoms with E-state index in [4.69, 9.17) is 11.6 Å². The summed E-state index contributed by atoms with van der Waals surface area (Å²) in [6.07, 6.45) is 1.000. The fourth-order valence-electron chi connectivity index (χ4n) is 1.83. The maximum absolute atomic E-state index is 12.3. The fourth-order valence-corrected chi connectivity index (χ4v) is 2.00. The normalized spacial score (nSPS) is 10.2. The first kappa shape index (κ1) is 15.3. The summed E-state index contributed by atoms with van der Waals surface area (Å²) in [6, 6.07) is 10.7. The minimum Gasteiger partial charge on any atom is -0.370 e. The minimum absolute atomic E-state index is 0.250. The van der Waals surface area contributed by atoms with Gasteiger partial charge in [-0.1, -0.05) is 30.7 Å². The molecule has 0 radical (unpaired) electrons. The van der Waals surface area contributed by atoms with Crippen molar-refractivity contribution in [2.75, 3.05) is 17.2 Å². The lowest BCUT2D eigenvalue weighted by atomic mass is 10.2. The summed E-state index contributed by atoms with van der Waals surface area (Å²) in [5.41, 5.74) is 2.02. The van der Waals surface area contributed by atoms with Crippen LogP contribution >= 0.6 is 11.6 Å². The van der Waals surface area contributed by atoms with Crippen LogP contribution in [0.25, 0.3) is 0 Å². The molecule has 2 N–H and O–H groups in total. The molecule has 1 amide bonds. The minimum atomic E-state index is -0.250. The summed E-state index contributed by atoms with van der Waals surface area (Å²) in [7, 11) is 0. The molecule has 0 aliphatic rings. The number of benzene rings is 1. The van der Waals surface area contributed by atoms with E-state index in [1.54, 1.807) is 18.2 Å². The zero-order valence-corrected chi connectivity index (χ0v) is 12.9. The molecule has 2 rings (SSSR count). The Morgan fingerprint density at radius 3 is 2.86 bits per heavy atom. The van der Waals surface area contributed by atoms with E-state index in [1.165, 1.54) is 0 Å². The quantitative estimate of drug-likeness (QED) is 0.873. The number of aromatic nitrogens is 1. The highest BCUT2D eigenvalue weighted by Crippen LogP contribution is 2.20. The van der Waals surface area contributed by atoms with E-state index >= 15 is 0 Å². The van der Waals surface area contributed by atoms with Gasteiger partial charge in [-0.25, -0.2) is 4.98 Å². The lowest BCUT2D eigenvalue weighted by molar-refractivity contribution is 0.102. The summed E-state index contributed by atoms with van der Waals surface area (Å²) in [5, 5.41) is 6.58. The molecule has 4 nitrogen and oxygen atoms in total. The molecule has 0 aliphatic carbocycles. The lowest BCUT2D eigenvalue weighted by Gasteiger charge is -2.09. The molecule has 0 aliphatic heterocycles. The van der Waals surface area contributed by atoms with E-state index in [9.17, 15) is 4.79 Å². The second kappa shape index (κ2) is 7.09. The number of aryl methyl sites for hydroxylation is 1. The van der Waals surface area contributed by atoms with Crippen molar-refractivity contribution in [1.82, 2.24) is 4.98 Å². The number of carbonyl (C=O) groups excluding carboxylic acids is 1. The molecular formula is C16H18ClN3O. The third kappa shape index (κ3) is 4.20. The van der Waals surface area contributed by atoms with Crippen LogP contribution in [0.4, 0.5) is 11.5 Å². The number of nitrogens with zero attached hydrogens (tertiary/aromatic N) is 1. The van der Waals surface area contributed by atoms with Crippen LogP contribution in [0.3, 0.4) is 0 Å². The SMILES string of the molecule is CCCNc1cccc(C(=O)Nc2cc(Cl)ccc2C)n1. The molecule has 1 aromatic heterocycles. The van der Waals surface area contributed by atoms with E-state index in [-0.39, 0.29) is 5.91 Å².